The van der Waals surface area contributed by atoms with Crippen molar-refractivity contribution in [3.8, 4) is 12.3 Å². The van der Waals surface area contributed by atoms with E-state index in [2.05, 4.69) is 10.8 Å². The lowest BCUT2D eigenvalue weighted by atomic mass is 10.1. The van der Waals surface area contributed by atoms with Gasteiger partial charge in [0.15, 0.2) is 0 Å². The number of hydrogen-bond acceptors (Lipinski definition) is 2. The van der Waals surface area contributed by atoms with Gasteiger partial charge in [0.1, 0.15) is 5.82 Å². The fourth-order valence-electron chi connectivity index (χ4n) is 2.12. The maximum atomic E-state index is 13.3. The fourth-order valence-corrected chi connectivity index (χ4v) is 2.12. The first-order chi connectivity index (χ1) is 8.61. The quantitative estimate of drug-likeness (QED) is 0.809. The fraction of sp³-hybridized carbons (Fsp3) is 0.467. The number of nitrogens with zero attached hydrogens (tertiary/aromatic N) is 1. The minimum atomic E-state index is -0.699. The van der Waals surface area contributed by atoms with Crippen LogP contribution in [0.25, 0.3) is 0 Å². The highest BCUT2D eigenvalue weighted by Crippen LogP contribution is 2.34. The average molecular weight is 247 g/mol. The van der Waals surface area contributed by atoms with Crippen LogP contribution in [-0.4, -0.2) is 18.2 Å². The highest BCUT2D eigenvalue weighted by Gasteiger charge is 2.25. The Hall–Kier alpha value is -1.53. The van der Waals surface area contributed by atoms with Gasteiger partial charge in [0.2, 0.25) is 0 Å². The third-order valence-corrected chi connectivity index (χ3v) is 3.24. The summed E-state index contributed by atoms with van der Waals surface area (Å²) in [5, 5.41) is 9.75. The van der Waals surface area contributed by atoms with E-state index in [0.29, 0.717) is 18.0 Å². The SMILES string of the molecule is C#CCN(CC1CC1)c1ccc(F)cc1C(C)O. The van der Waals surface area contributed by atoms with Gasteiger partial charge in [-0.15, -0.1) is 6.42 Å². The number of terminal acetylenes is 1. The van der Waals surface area contributed by atoms with Gasteiger partial charge in [-0.1, -0.05) is 5.92 Å². The third kappa shape index (κ3) is 3.02. The van der Waals surface area contributed by atoms with E-state index in [1.165, 1.54) is 25.0 Å². The van der Waals surface area contributed by atoms with E-state index in [4.69, 9.17) is 6.42 Å². The molecule has 1 aliphatic carbocycles. The number of benzene rings is 1. The molecule has 2 rings (SSSR count). The number of aliphatic hydroxyl groups excluding tert-OH is 1. The molecule has 1 aromatic rings. The molecule has 18 heavy (non-hydrogen) atoms. The van der Waals surface area contributed by atoms with Gasteiger partial charge in [-0.2, -0.15) is 0 Å². The zero-order valence-corrected chi connectivity index (χ0v) is 10.6. The summed E-state index contributed by atoms with van der Waals surface area (Å²) in [6.45, 7) is 3.01. The summed E-state index contributed by atoms with van der Waals surface area (Å²) in [5.74, 6) is 2.98. The number of aliphatic hydroxyl groups is 1. The summed E-state index contributed by atoms with van der Waals surface area (Å²) >= 11 is 0. The zero-order chi connectivity index (χ0) is 13.1. The first-order valence-corrected chi connectivity index (χ1v) is 6.27. The Balaban J connectivity index is 2.29. The zero-order valence-electron chi connectivity index (χ0n) is 10.6. The molecule has 1 saturated carbocycles. The van der Waals surface area contributed by atoms with Crippen molar-refractivity contribution in [2.24, 2.45) is 5.92 Å². The Bertz CT molecular complexity index is 460. The van der Waals surface area contributed by atoms with Gasteiger partial charge in [0.05, 0.1) is 12.6 Å². The van der Waals surface area contributed by atoms with Crippen LogP contribution >= 0.6 is 0 Å². The molecule has 0 radical (unpaired) electrons. The molecule has 0 aromatic heterocycles. The van der Waals surface area contributed by atoms with E-state index < -0.39 is 6.10 Å². The van der Waals surface area contributed by atoms with E-state index in [1.54, 1.807) is 13.0 Å². The standard InChI is InChI=1S/C15H18FNO/c1-3-8-17(10-12-4-5-12)15-7-6-13(16)9-14(15)11(2)18/h1,6-7,9,11-12,18H,4-5,8,10H2,2H3. The first kappa shape index (κ1) is 12.9. The monoisotopic (exact) mass is 247 g/mol. The molecule has 0 amide bonds. The largest absolute Gasteiger partial charge is 0.389 e. The van der Waals surface area contributed by atoms with Crippen LogP contribution in [0.3, 0.4) is 0 Å². The second-order valence-electron chi connectivity index (χ2n) is 4.91. The normalized spacial score (nSPS) is 16.1. The maximum absolute atomic E-state index is 13.3. The average Bonchev–Trinajstić information content (AvgIpc) is 3.12. The van der Waals surface area contributed by atoms with Crippen LogP contribution < -0.4 is 4.90 Å². The summed E-state index contributed by atoms with van der Waals surface area (Å²) in [4.78, 5) is 2.05. The summed E-state index contributed by atoms with van der Waals surface area (Å²) < 4.78 is 13.3. The molecular weight excluding hydrogens is 229 g/mol. The number of hydrogen-bond donors (Lipinski definition) is 1. The van der Waals surface area contributed by atoms with Crippen LogP contribution in [0.15, 0.2) is 18.2 Å². The molecule has 0 spiro atoms. The third-order valence-electron chi connectivity index (χ3n) is 3.24. The number of anilines is 1. The highest BCUT2D eigenvalue weighted by molar-refractivity contribution is 5.55. The van der Waals surface area contributed by atoms with Crippen LogP contribution in [0, 0.1) is 24.1 Å². The maximum Gasteiger partial charge on any atom is 0.123 e. The van der Waals surface area contributed by atoms with E-state index in [0.717, 1.165) is 12.2 Å². The molecule has 1 unspecified atom stereocenters. The highest BCUT2D eigenvalue weighted by atomic mass is 19.1. The molecule has 0 saturated heterocycles. The van der Waals surface area contributed by atoms with Crippen molar-refractivity contribution in [3.63, 3.8) is 0 Å². The minimum Gasteiger partial charge on any atom is -0.389 e. The number of rotatable bonds is 5. The van der Waals surface area contributed by atoms with Crippen molar-refractivity contribution in [3.05, 3.63) is 29.6 Å². The van der Waals surface area contributed by atoms with Crippen molar-refractivity contribution in [2.45, 2.75) is 25.9 Å². The summed E-state index contributed by atoms with van der Waals surface area (Å²) in [7, 11) is 0. The lowest BCUT2D eigenvalue weighted by Gasteiger charge is -2.26. The van der Waals surface area contributed by atoms with Gasteiger partial charge in [-0.25, -0.2) is 4.39 Å². The molecule has 0 heterocycles. The predicted molar refractivity (Wildman–Crippen MR) is 70.8 cm³/mol. The van der Waals surface area contributed by atoms with Gasteiger partial charge in [0.25, 0.3) is 0 Å². The smallest absolute Gasteiger partial charge is 0.123 e. The topological polar surface area (TPSA) is 23.5 Å². The molecule has 0 bridgehead atoms. The lowest BCUT2D eigenvalue weighted by molar-refractivity contribution is 0.199. The second-order valence-corrected chi connectivity index (χ2v) is 4.91. The van der Waals surface area contributed by atoms with Gasteiger partial charge in [-0.05, 0) is 43.9 Å². The molecule has 1 aromatic carbocycles. The van der Waals surface area contributed by atoms with Gasteiger partial charge >= 0.3 is 0 Å². The predicted octanol–water partition coefficient (Wildman–Crippen LogP) is 2.73. The number of halogens is 1. The van der Waals surface area contributed by atoms with Crippen molar-refractivity contribution >= 4 is 5.69 Å². The Morgan fingerprint density at radius 2 is 2.28 bits per heavy atom. The van der Waals surface area contributed by atoms with Crippen LogP contribution in [0.1, 0.15) is 31.4 Å². The van der Waals surface area contributed by atoms with Crippen molar-refractivity contribution < 1.29 is 9.50 Å². The van der Waals surface area contributed by atoms with Gasteiger partial charge < -0.3 is 10.0 Å². The van der Waals surface area contributed by atoms with Crippen LogP contribution in [0.4, 0.5) is 10.1 Å². The van der Waals surface area contributed by atoms with Crippen LogP contribution in [0.5, 0.6) is 0 Å². The Labute approximate surface area is 107 Å². The molecule has 2 nitrogen and oxygen atoms in total. The van der Waals surface area contributed by atoms with E-state index in [1.807, 2.05) is 0 Å². The molecule has 0 aliphatic heterocycles. The molecule has 3 heteroatoms. The Morgan fingerprint density at radius 3 is 2.83 bits per heavy atom. The second kappa shape index (κ2) is 5.41. The summed E-state index contributed by atoms with van der Waals surface area (Å²) in [5.41, 5.74) is 1.45. The Kier molecular flexibility index (Phi) is 3.88. The van der Waals surface area contributed by atoms with E-state index in [-0.39, 0.29) is 5.82 Å². The molecule has 1 fully saturated rings. The Morgan fingerprint density at radius 1 is 1.56 bits per heavy atom. The van der Waals surface area contributed by atoms with E-state index in [9.17, 15) is 9.50 Å². The summed E-state index contributed by atoms with van der Waals surface area (Å²) in [6.07, 6.45) is 7.15. The lowest BCUT2D eigenvalue weighted by Crippen LogP contribution is -2.27. The van der Waals surface area contributed by atoms with Crippen LogP contribution in [-0.2, 0) is 0 Å². The molecular formula is C15H18FNO. The minimum absolute atomic E-state index is 0.332. The first-order valence-electron chi connectivity index (χ1n) is 6.27. The molecule has 96 valence electrons. The van der Waals surface area contributed by atoms with Crippen molar-refractivity contribution in [2.75, 3.05) is 18.0 Å². The van der Waals surface area contributed by atoms with Gasteiger partial charge in [-0.3, -0.25) is 0 Å². The van der Waals surface area contributed by atoms with E-state index >= 15 is 0 Å². The summed E-state index contributed by atoms with van der Waals surface area (Å²) in [6, 6.07) is 4.51. The molecule has 1 aliphatic rings. The van der Waals surface area contributed by atoms with Crippen molar-refractivity contribution in [1.82, 2.24) is 0 Å². The molecule has 1 N–H and O–H groups in total. The van der Waals surface area contributed by atoms with Gasteiger partial charge in [0, 0.05) is 17.8 Å². The van der Waals surface area contributed by atoms with Crippen molar-refractivity contribution in [1.29, 1.82) is 0 Å². The van der Waals surface area contributed by atoms with Crippen LogP contribution in [0.2, 0.25) is 0 Å². The molecule has 1 atom stereocenters.